The standard InChI is InChI=1S/C13H8F2N2O3/c14-8-4-1-5-9(15)10(8)12(18)17-11-7(13(19)20)3-2-6-16-11/h1-6H,(H,19,20)(H,16,17,18). The molecule has 1 heterocycles. The molecule has 5 nitrogen and oxygen atoms in total. The number of carbonyl (C=O) groups excluding carboxylic acids is 1. The molecule has 0 aliphatic heterocycles. The number of hydrogen-bond acceptors (Lipinski definition) is 3. The number of rotatable bonds is 3. The highest BCUT2D eigenvalue weighted by atomic mass is 19.1. The Balaban J connectivity index is 2.36. The van der Waals surface area contributed by atoms with Crippen LogP contribution in [0.3, 0.4) is 0 Å². The Kier molecular flexibility index (Phi) is 3.69. The van der Waals surface area contributed by atoms with Crippen LogP contribution in [0.15, 0.2) is 36.5 Å². The maximum Gasteiger partial charge on any atom is 0.339 e. The number of aromatic nitrogens is 1. The predicted octanol–water partition coefficient (Wildman–Crippen LogP) is 2.31. The van der Waals surface area contributed by atoms with Crippen molar-refractivity contribution in [3.8, 4) is 0 Å². The second-order valence-corrected chi connectivity index (χ2v) is 3.76. The Morgan fingerprint density at radius 2 is 1.75 bits per heavy atom. The summed E-state index contributed by atoms with van der Waals surface area (Å²) in [4.78, 5) is 26.4. The van der Waals surface area contributed by atoms with Crippen LogP contribution in [0.4, 0.5) is 14.6 Å². The van der Waals surface area contributed by atoms with E-state index in [1.165, 1.54) is 18.3 Å². The fourth-order valence-corrected chi connectivity index (χ4v) is 1.56. The first-order chi connectivity index (χ1) is 9.50. The van der Waals surface area contributed by atoms with Crippen LogP contribution in [0.2, 0.25) is 0 Å². The molecule has 1 amide bonds. The lowest BCUT2D eigenvalue weighted by atomic mass is 10.1. The zero-order valence-electron chi connectivity index (χ0n) is 9.93. The summed E-state index contributed by atoms with van der Waals surface area (Å²) in [5, 5.41) is 11.0. The van der Waals surface area contributed by atoms with Gasteiger partial charge >= 0.3 is 5.97 Å². The van der Waals surface area contributed by atoms with E-state index in [0.29, 0.717) is 0 Å². The van der Waals surface area contributed by atoms with Gasteiger partial charge in [0.25, 0.3) is 5.91 Å². The zero-order chi connectivity index (χ0) is 14.7. The number of hydrogen-bond donors (Lipinski definition) is 2. The molecule has 102 valence electrons. The summed E-state index contributed by atoms with van der Waals surface area (Å²) >= 11 is 0. The summed E-state index contributed by atoms with van der Waals surface area (Å²) in [5.41, 5.74) is -1.08. The molecule has 2 N–H and O–H groups in total. The number of nitrogens with zero attached hydrogens (tertiary/aromatic N) is 1. The number of amides is 1. The van der Waals surface area contributed by atoms with Crippen molar-refractivity contribution in [1.82, 2.24) is 4.98 Å². The van der Waals surface area contributed by atoms with Crippen molar-refractivity contribution >= 4 is 17.7 Å². The van der Waals surface area contributed by atoms with Gasteiger partial charge in [-0.3, -0.25) is 4.79 Å². The van der Waals surface area contributed by atoms with Gasteiger partial charge in [-0.2, -0.15) is 0 Å². The van der Waals surface area contributed by atoms with Gasteiger partial charge in [-0.05, 0) is 24.3 Å². The van der Waals surface area contributed by atoms with Gasteiger partial charge in [0.05, 0.1) is 0 Å². The molecular formula is C13H8F2N2O3. The number of aromatic carboxylic acids is 1. The fourth-order valence-electron chi connectivity index (χ4n) is 1.56. The van der Waals surface area contributed by atoms with Crippen LogP contribution in [-0.4, -0.2) is 22.0 Å². The van der Waals surface area contributed by atoms with Crippen LogP contribution in [-0.2, 0) is 0 Å². The molecule has 0 aliphatic rings. The summed E-state index contributed by atoms with van der Waals surface area (Å²) in [6.07, 6.45) is 1.25. The third-order valence-corrected chi connectivity index (χ3v) is 2.46. The van der Waals surface area contributed by atoms with Crippen molar-refractivity contribution in [2.24, 2.45) is 0 Å². The average Bonchev–Trinajstić information content (AvgIpc) is 2.38. The van der Waals surface area contributed by atoms with E-state index in [4.69, 9.17) is 5.11 Å². The highest BCUT2D eigenvalue weighted by Crippen LogP contribution is 2.16. The first kappa shape index (κ1) is 13.6. The molecule has 0 atom stereocenters. The molecule has 0 spiro atoms. The van der Waals surface area contributed by atoms with Crippen molar-refractivity contribution in [2.45, 2.75) is 0 Å². The molecule has 0 bridgehead atoms. The number of pyridine rings is 1. The Morgan fingerprint density at radius 1 is 1.10 bits per heavy atom. The third-order valence-electron chi connectivity index (χ3n) is 2.46. The zero-order valence-corrected chi connectivity index (χ0v) is 9.93. The lowest BCUT2D eigenvalue weighted by Gasteiger charge is -2.08. The molecule has 0 unspecified atom stereocenters. The van der Waals surface area contributed by atoms with E-state index in [1.807, 2.05) is 0 Å². The number of nitrogens with one attached hydrogen (secondary N) is 1. The summed E-state index contributed by atoms with van der Waals surface area (Å²) in [5.74, 6) is -4.80. The van der Waals surface area contributed by atoms with Crippen LogP contribution >= 0.6 is 0 Å². The molecule has 20 heavy (non-hydrogen) atoms. The molecular weight excluding hydrogens is 270 g/mol. The summed E-state index contributed by atoms with van der Waals surface area (Å²) in [6, 6.07) is 5.54. The maximum atomic E-state index is 13.4. The summed E-state index contributed by atoms with van der Waals surface area (Å²) in [6.45, 7) is 0. The molecule has 2 aromatic rings. The van der Waals surface area contributed by atoms with Crippen LogP contribution in [0, 0.1) is 11.6 Å². The van der Waals surface area contributed by atoms with E-state index in [1.54, 1.807) is 0 Å². The van der Waals surface area contributed by atoms with Crippen molar-refractivity contribution in [3.05, 3.63) is 59.3 Å². The van der Waals surface area contributed by atoms with E-state index < -0.39 is 29.1 Å². The average molecular weight is 278 g/mol. The smallest absolute Gasteiger partial charge is 0.339 e. The summed E-state index contributed by atoms with van der Waals surface area (Å²) in [7, 11) is 0. The van der Waals surface area contributed by atoms with E-state index in [-0.39, 0.29) is 11.4 Å². The quantitative estimate of drug-likeness (QED) is 0.903. The molecule has 7 heteroatoms. The highest BCUT2D eigenvalue weighted by Gasteiger charge is 2.20. The Bertz CT molecular complexity index is 669. The van der Waals surface area contributed by atoms with Gasteiger partial charge in [-0.1, -0.05) is 6.07 Å². The van der Waals surface area contributed by atoms with Crippen LogP contribution < -0.4 is 5.32 Å². The SMILES string of the molecule is O=C(O)c1cccnc1NC(=O)c1c(F)cccc1F. The molecule has 0 saturated carbocycles. The Labute approximate surface area is 111 Å². The second kappa shape index (κ2) is 5.43. The van der Waals surface area contributed by atoms with E-state index in [2.05, 4.69) is 10.3 Å². The number of carboxylic acids is 1. The Hall–Kier alpha value is -2.83. The topological polar surface area (TPSA) is 79.3 Å². The van der Waals surface area contributed by atoms with E-state index in [0.717, 1.165) is 18.2 Å². The third kappa shape index (κ3) is 2.61. The first-order valence-corrected chi connectivity index (χ1v) is 5.44. The predicted molar refractivity (Wildman–Crippen MR) is 65.5 cm³/mol. The molecule has 0 aliphatic carbocycles. The first-order valence-electron chi connectivity index (χ1n) is 5.44. The molecule has 1 aromatic heterocycles. The van der Waals surface area contributed by atoms with E-state index in [9.17, 15) is 18.4 Å². The minimum atomic E-state index is -1.32. The number of halogens is 2. The number of carboxylic acid groups (broad SMARTS) is 1. The van der Waals surface area contributed by atoms with Gasteiger partial charge in [-0.25, -0.2) is 18.6 Å². The minimum absolute atomic E-state index is 0.280. The Morgan fingerprint density at radius 3 is 2.35 bits per heavy atom. The number of anilines is 1. The highest BCUT2D eigenvalue weighted by molar-refractivity contribution is 6.07. The molecule has 0 radical (unpaired) electrons. The van der Waals surface area contributed by atoms with Gasteiger partial charge in [0.15, 0.2) is 0 Å². The van der Waals surface area contributed by atoms with Crippen molar-refractivity contribution < 1.29 is 23.5 Å². The molecule has 2 rings (SSSR count). The molecule has 0 fully saturated rings. The van der Waals surface area contributed by atoms with Crippen molar-refractivity contribution in [2.75, 3.05) is 5.32 Å². The van der Waals surface area contributed by atoms with Gasteiger partial charge < -0.3 is 10.4 Å². The van der Waals surface area contributed by atoms with Gasteiger partial charge in [0, 0.05) is 6.20 Å². The van der Waals surface area contributed by atoms with Crippen LogP contribution in [0.25, 0.3) is 0 Å². The number of benzene rings is 1. The van der Waals surface area contributed by atoms with Gasteiger partial charge in [0.2, 0.25) is 0 Å². The monoisotopic (exact) mass is 278 g/mol. The van der Waals surface area contributed by atoms with Crippen LogP contribution in [0.1, 0.15) is 20.7 Å². The lowest BCUT2D eigenvalue weighted by molar-refractivity contribution is 0.0697. The minimum Gasteiger partial charge on any atom is -0.478 e. The van der Waals surface area contributed by atoms with Gasteiger partial charge in [-0.15, -0.1) is 0 Å². The molecule has 0 saturated heterocycles. The fraction of sp³-hybridized carbons (Fsp3) is 0. The van der Waals surface area contributed by atoms with Crippen molar-refractivity contribution in [1.29, 1.82) is 0 Å². The summed E-state index contributed by atoms with van der Waals surface area (Å²) < 4.78 is 26.9. The second-order valence-electron chi connectivity index (χ2n) is 3.76. The van der Waals surface area contributed by atoms with E-state index >= 15 is 0 Å². The lowest BCUT2D eigenvalue weighted by Crippen LogP contribution is -2.18. The normalized spacial score (nSPS) is 10.1. The number of carbonyl (C=O) groups is 2. The maximum absolute atomic E-state index is 13.4. The largest absolute Gasteiger partial charge is 0.478 e. The van der Waals surface area contributed by atoms with Crippen LogP contribution in [0.5, 0.6) is 0 Å². The van der Waals surface area contributed by atoms with Gasteiger partial charge in [0.1, 0.15) is 28.6 Å². The molecule has 1 aromatic carbocycles. The van der Waals surface area contributed by atoms with Crippen molar-refractivity contribution in [3.63, 3.8) is 0 Å².